The topological polar surface area (TPSA) is 40.0 Å². The minimum absolute atomic E-state index is 0.0914. The lowest BCUT2D eigenvalue weighted by Gasteiger charge is -2.18. The van der Waals surface area contributed by atoms with Crippen LogP contribution in [0.15, 0.2) is 33.8 Å². The zero-order chi connectivity index (χ0) is 25.1. The van der Waals surface area contributed by atoms with Crippen molar-refractivity contribution in [1.82, 2.24) is 0 Å². The van der Waals surface area contributed by atoms with Crippen molar-refractivity contribution in [3.8, 4) is 18.6 Å². The highest BCUT2D eigenvalue weighted by Crippen LogP contribution is 2.33. The van der Waals surface area contributed by atoms with Gasteiger partial charge in [0, 0.05) is 25.7 Å². The predicted molar refractivity (Wildman–Crippen MR) is 143 cm³/mol. The van der Waals surface area contributed by atoms with E-state index in [1.807, 2.05) is 13.8 Å². The second-order valence-corrected chi connectivity index (χ2v) is 8.46. The Hall–Kier alpha value is -1.51. The predicted octanol–water partition coefficient (Wildman–Crippen LogP) is 7.23. The molecular weight excluding hydrogens is 457 g/mol. The number of ether oxygens (including phenoxy) is 3. The van der Waals surface area contributed by atoms with Gasteiger partial charge in [-0.15, -0.1) is 24.4 Å². The summed E-state index contributed by atoms with van der Waals surface area (Å²) in [7, 11) is 3.43. The highest BCUT2D eigenvalue weighted by Gasteiger charge is 2.18. The molecule has 1 unspecified atom stereocenters. The number of hydrogen-bond acceptors (Lipinski definition) is 4. The number of alkyl halides is 1. The molecule has 0 radical (unpaired) electrons. The van der Waals surface area contributed by atoms with Gasteiger partial charge in [0.05, 0.1) is 31.5 Å². The van der Waals surface area contributed by atoms with Crippen LogP contribution in [0.2, 0.25) is 0 Å². The Morgan fingerprint density at radius 2 is 1.91 bits per heavy atom. The van der Waals surface area contributed by atoms with Gasteiger partial charge in [-0.05, 0) is 61.9 Å². The van der Waals surface area contributed by atoms with Crippen molar-refractivity contribution >= 4 is 29.4 Å². The van der Waals surface area contributed by atoms with Crippen LogP contribution in [0.1, 0.15) is 63.7 Å². The van der Waals surface area contributed by atoms with Crippen LogP contribution in [0.5, 0.6) is 5.75 Å². The van der Waals surface area contributed by atoms with Crippen LogP contribution in [-0.2, 0) is 15.9 Å². The van der Waals surface area contributed by atoms with Crippen LogP contribution < -0.4 is 4.74 Å². The molecule has 0 bridgehead atoms. The Bertz CT molecular complexity index is 725. The van der Waals surface area contributed by atoms with E-state index in [9.17, 15) is 0 Å². The summed E-state index contributed by atoms with van der Waals surface area (Å²) in [5.74, 6) is 2.29. The Labute approximate surface area is 211 Å². The summed E-state index contributed by atoms with van der Waals surface area (Å²) >= 11 is 11.2. The van der Waals surface area contributed by atoms with Crippen molar-refractivity contribution in [1.29, 1.82) is 0 Å². The molecule has 1 atom stereocenters. The molecule has 0 N–H and O–H groups in total. The third-order valence-corrected chi connectivity index (χ3v) is 6.23. The molecule has 1 aromatic carbocycles. The van der Waals surface area contributed by atoms with Gasteiger partial charge in [-0.2, -0.15) is 0 Å². The van der Waals surface area contributed by atoms with E-state index in [1.165, 1.54) is 36.8 Å². The zero-order valence-corrected chi connectivity index (χ0v) is 22.4. The first-order valence-corrected chi connectivity index (χ1v) is 12.4. The van der Waals surface area contributed by atoms with E-state index in [-0.39, 0.29) is 6.10 Å². The number of nitrogens with zero attached hydrogens (tertiary/aromatic N) is 1. The SMILES string of the molecule is C#C.CCOCCOC(C)c1ccc(OC)c(CC2CCCC2)c1.CN=C/C(Cl)=C(/C)CCl. The van der Waals surface area contributed by atoms with Crippen molar-refractivity contribution in [2.24, 2.45) is 10.9 Å². The maximum Gasteiger partial charge on any atom is 0.122 e. The number of terminal acetylenes is 1. The van der Waals surface area contributed by atoms with Crippen molar-refractivity contribution < 1.29 is 14.2 Å². The molecule has 1 fully saturated rings. The number of rotatable bonds is 11. The molecule has 0 saturated heterocycles. The van der Waals surface area contributed by atoms with Crippen LogP contribution in [0.3, 0.4) is 0 Å². The Kier molecular flexibility index (Phi) is 19.0. The molecular formula is C27H41Cl2NO3. The summed E-state index contributed by atoms with van der Waals surface area (Å²) in [5.41, 5.74) is 3.50. The van der Waals surface area contributed by atoms with E-state index in [2.05, 4.69) is 43.0 Å². The first kappa shape index (κ1) is 31.5. The van der Waals surface area contributed by atoms with Gasteiger partial charge in [-0.25, -0.2) is 0 Å². The summed E-state index contributed by atoms with van der Waals surface area (Å²) in [5, 5.41) is 0.632. The molecule has 0 spiro atoms. The second-order valence-electron chi connectivity index (χ2n) is 7.79. The summed E-state index contributed by atoms with van der Waals surface area (Å²) in [6.45, 7) is 8.02. The first-order chi connectivity index (χ1) is 16.0. The fourth-order valence-electron chi connectivity index (χ4n) is 3.55. The van der Waals surface area contributed by atoms with Crippen LogP contribution in [0.4, 0.5) is 0 Å². The first-order valence-electron chi connectivity index (χ1n) is 11.5. The standard InChI is InChI=1S/C19H30O3.C6H9Cl2N.C2H2/c1-4-21-11-12-22-15(2)17-9-10-19(20-3)18(14-17)13-16-7-5-6-8-16;1-5(3-7)6(8)4-9-2;1-2/h9-10,14-16H,4-8,11-13H2,1-3H3;4H,3H2,1-2H3;1-2H/b;6-5+,9-4?;. The Morgan fingerprint density at radius 1 is 1.24 bits per heavy atom. The molecule has 33 heavy (non-hydrogen) atoms. The Morgan fingerprint density at radius 3 is 2.45 bits per heavy atom. The van der Waals surface area contributed by atoms with Gasteiger partial charge in [-0.3, -0.25) is 4.99 Å². The van der Waals surface area contributed by atoms with E-state index in [0.29, 0.717) is 24.1 Å². The fraction of sp³-hybridized carbons (Fsp3) is 0.593. The molecule has 0 heterocycles. The zero-order valence-electron chi connectivity index (χ0n) is 20.9. The van der Waals surface area contributed by atoms with Crippen LogP contribution in [-0.4, -0.2) is 46.1 Å². The lowest BCUT2D eigenvalue weighted by molar-refractivity contribution is 0.0146. The van der Waals surface area contributed by atoms with Crippen molar-refractivity contribution in [3.05, 3.63) is 39.9 Å². The Balaban J connectivity index is 0.000000786. The number of methoxy groups -OCH3 is 1. The van der Waals surface area contributed by atoms with Crippen LogP contribution in [0, 0.1) is 18.8 Å². The van der Waals surface area contributed by atoms with E-state index in [0.717, 1.165) is 30.3 Å². The van der Waals surface area contributed by atoms with Gasteiger partial charge in [0.2, 0.25) is 0 Å². The van der Waals surface area contributed by atoms with Gasteiger partial charge < -0.3 is 14.2 Å². The molecule has 1 aromatic rings. The summed E-state index contributed by atoms with van der Waals surface area (Å²) in [6, 6.07) is 6.47. The van der Waals surface area contributed by atoms with Crippen molar-refractivity contribution in [3.63, 3.8) is 0 Å². The van der Waals surface area contributed by atoms with E-state index in [4.69, 9.17) is 37.4 Å². The molecule has 0 aromatic heterocycles. The molecule has 2 rings (SSSR count). The highest BCUT2D eigenvalue weighted by atomic mass is 35.5. The third-order valence-electron chi connectivity index (χ3n) is 5.41. The highest BCUT2D eigenvalue weighted by molar-refractivity contribution is 6.40. The average Bonchev–Trinajstić information content (AvgIpc) is 3.36. The van der Waals surface area contributed by atoms with Gasteiger partial charge in [0.15, 0.2) is 0 Å². The second kappa shape index (κ2) is 19.9. The number of hydrogen-bond donors (Lipinski definition) is 0. The quantitative estimate of drug-likeness (QED) is 0.140. The van der Waals surface area contributed by atoms with Crippen molar-refractivity contribution in [2.75, 3.05) is 39.9 Å². The third kappa shape index (κ3) is 13.1. The van der Waals surface area contributed by atoms with Gasteiger partial charge in [0.1, 0.15) is 5.75 Å². The monoisotopic (exact) mass is 497 g/mol. The molecule has 6 heteroatoms. The normalized spacial score (nSPS) is 15.2. The minimum atomic E-state index is 0.0914. The number of benzene rings is 1. The molecule has 1 saturated carbocycles. The van der Waals surface area contributed by atoms with Crippen LogP contribution in [0.25, 0.3) is 0 Å². The van der Waals surface area contributed by atoms with Crippen LogP contribution >= 0.6 is 23.2 Å². The van der Waals surface area contributed by atoms with Gasteiger partial charge >= 0.3 is 0 Å². The van der Waals surface area contributed by atoms with Gasteiger partial charge in [-0.1, -0.05) is 43.4 Å². The number of halogens is 2. The van der Waals surface area contributed by atoms with E-state index in [1.54, 1.807) is 20.4 Å². The molecule has 0 aliphatic heterocycles. The lowest BCUT2D eigenvalue weighted by atomic mass is 9.95. The summed E-state index contributed by atoms with van der Waals surface area (Å²) < 4.78 is 16.7. The maximum absolute atomic E-state index is 5.86. The molecule has 186 valence electrons. The molecule has 4 nitrogen and oxygen atoms in total. The molecule has 0 amide bonds. The summed E-state index contributed by atoms with van der Waals surface area (Å²) in [4.78, 5) is 3.73. The fourth-order valence-corrected chi connectivity index (χ4v) is 3.92. The lowest BCUT2D eigenvalue weighted by Crippen LogP contribution is -2.08. The number of aliphatic imine (C=N–C) groups is 1. The number of allylic oxidation sites excluding steroid dienone is 2. The largest absolute Gasteiger partial charge is 0.496 e. The average molecular weight is 499 g/mol. The molecule has 1 aliphatic carbocycles. The maximum atomic E-state index is 5.86. The van der Waals surface area contributed by atoms with E-state index < -0.39 is 0 Å². The van der Waals surface area contributed by atoms with E-state index >= 15 is 0 Å². The minimum Gasteiger partial charge on any atom is -0.496 e. The van der Waals surface area contributed by atoms with Crippen molar-refractivity contribution in [2.45, 2.75) is 59.0 Å². The molecule has 1 aliphatic rings. The summed E-state index contributed by atoms with van der Waals surface area (Å²) in [6.07, 6.45) is 16.3. The van der Waals surface area contributed by atoms with Gasteiger partial charge in [0.25, 0.3) is 0 Å². The smallest absolute Gasteiger partial charge is 0.122 e.